The van der Waals surface area contributed by atoms with Gasteiger partial charge in [0.2, 0.25) is 0 Å². The van der Waals surface area contributed by atoms with Gasteiger partial charge in [0.1, 0.15) is 23.8 Å². The van der Waals surface area contributed by atoms with Crippen LogP contribution in [0, 0.1) is 6.92 Å². The predicted octanol–water partition coefficient (Wildman–Crippen LogP) is 2.86. The van der Waals surface area contributed by atoms with E-state index in [9.17, 15) is 5.11 Å². The van der Waals surface area contributed by atoms with Crippen molar-refractivity contribution < 1.29 is 9.84 Å². The van der Waals surface area contributed by atoms with Crippen LogP contribution >= 0.6 is 0 Å². The molecule has 3 N–H and O–H groups in total. The van der Waals surface area contributed by atoms with Gasteiger partial charge >= 0.3 is 0 Å². The summed E-state index contributed by atoms with van der Waals surface area (Å²) in [6, 6.07) is 13.1. The maximum atomic E-state index is 9.43. The van der Waals surface area contributed by atoms with Crippen LogP contribution in [0.15, 0.2) is 42.5 Å². The van der Waals surface area contributed by atoms with Crippen LogP contribution in [0.25, 0.3) is 0 Å². The highest BCUT2D eigenvalue weighted by molar-refractivity contribution is 5.61. The number of phenolic OH excluding ortho intramolecular Hbond substituents is 1. The van der Waals surface area contributed by atoms with Gasteiger partial charge in [0.25, 0.3) is 0 Å². The Bertz CT molecular complexity index is 506. The summed E-state index contributed by atoms with van der Waals surface area (Å²) >= 11 is 0. The first kappa shape index (κ1) is 11.3. The first-order valence-electron chi connectivity index (χ1n) is 5.42. The first-order chi connectivity index (χ1) is 8.16. The molecule has 0 unspecified atom stereocenters. The third-order valence-electron chi connectivity index (χ3n) is 2.56. The fourth-order valence-corrected chi connectivity index (χ4v) is 1.50. The minimum absolute atomic E-state index is 0.0476. The summed E-state index contributed by atoms with van der Waals surface area (Å²) in [5.74, 6) is 0.553. The van der Waals surface area contributed by atoms with Gasteiger partial charge in [-0.1, -0.05) is 35.9 Å². The smallest absolute Gasteiger partial charge is 0.146 e. The maximum Gasteiger partial charge on any atom is 0.146 e. The SMILES string of the molecule is Cc1ccc(COc2cccc(O)c2N)cc1. The molecule has 0 radical (unpaired) electrons. The molecule has 0 amide bonds. The zero-order valence-electron chi connectivity index (χ0n) is 9.68. The van der Waals surface area contributed by atoms with Gasteiger partial charge in [-0.2, -0.15) is 0 Å². The molecule has 17 heavy (non-hydrogen) atoms. The minimum Gasteiger partial charge on any atom is -0.506 e. The molecule has 2 aromatic rings. The number of ether oxygens (including phenoxy) is 1. The fraction of sp³-hybridized carbons (Fsp3) is 0.143. The molecule has 0 aliphatic heterocycles. The van der Waals surface area contributed by atoms with E-state index in [1.807, 2.05) is 31.2 Å². The Labute approximate surface area is 100 Å². The Morgan fingerprint density at radius 2 is 1.82 bits per heavy atom. The van der Waals surface area contributed by atoms with Gasteiger partial charge in [0.15, 0.2) is 0 Å². The number of anilines is 1. The molecule has 2 aromatic carbocycles. The quantitative estimate of drug-likeness (QED) is 0.628. The molecular formula is C14H15NO2. The topological polar surface area (TPSA) is 55.5 Å². The summed E-state index contributed by atoms with van der Waals surface area (Å²) in [4.78, 5) is 0. The van der Waals surface area contributed by atoms with E-state index in [1.165, 1.54) is 11.6 Å². The average molecular weight is 229 g/mol. The Morgan fingerprint density at radius 3 is 2.53 bits per heavy atom. The second-order valence-corrected chi connectivity index (χ2v) is 3.96. The lowest BCUT2D eigenvalue weighted by Gasteiger charge is -2.09. The van der Waals surface area contributed by atoms with Crippen LogP contribution in [0.4, 0.5) is 5.69 Å². The van der Waals surface area contributed by atoms with Gasteiger partial charge in [0.05, 0.1) is 0 Å². The van der Waals surface area contributed by atoms with Crippen molar-refractivity contribution in [1.82, 2.24) is 0 Å². The van der Waals surface area contributed by atoms with Gasteiger partial charge in [-0.3, -0.25) is 0 Å². The number of nitrogen functional groups attached to an aromatic ring is 1. The second-order valence-electron chi connectivity index (χ2n) is 3.96. The maximum absolute atomic E-state index is 9.43. The highest BCUT2D eigenvalue weighted by Crippen LogP contribution is 2.30. The molecule has 2 rings (SSSR count). The highest BCUT2D eigenvalue weighted by Gasteiger charge is 2.04. The molecule has 3 nitrogen and oxygen atoms in total. The fourth-order valence-electron chi connectivity index (χ4n) is 1.50. The van der Waals surface area contributed by atoms with E-state index in [1.54, 1.807) is 12.1 Å². The predicted molar refractivity (Wildman–Crippen MR) is 68.0 cm³/mol. The first-order valence-corrected chi connectivity index (χ1v) is 5.42. The van der Waals surface area contributed by atoms with Crippen molar-refractivity contribution in [2.45, 2.75) is 13.5 Å². The molecule has 0 spiro atoms. The van der Waals surface area contributed by atoms with Gasteiger partial charge in [-0.25, -0.2) is 0 Å². The molecule has 88 valence electrons. The number of phenols is 1. The standard InChI is InChI=1S/C14H15NO2/c1-10-5-7-11(8-6-10)9-17-13-4-2-3-12(16)14(13)15/h2-8,16H,9,15H2,1H3. The lowest BCUT2D eigenvalue weighted by molar-refractivity contribution is 0.306. The largest absolute Gasteiger partial charge is 0.506 e. The van der Waals surface area contributed by atoms with Crippen molar-refractivity contribution in [2.24, 2.45) is 0 Å². The third kappa shape index (κ3) is 2.69. The van der Waals surface area contributed by atoms with E-state index in [0.29, 0.717) is 12.4 Å². The number of aromatic hydroxyl groups is 1. The third-order valence-corrected chi connectivity index (χ3v) is 2.56. The van der Waals surface area contributed by atoms with Gasteiger partial charge < -0.3 is 15.6 Å². The molecular weight excluding hydrogens is 214 g/mol. The summed E-state index contributed by atoms with van der Waals surface area (Å²) in [6.45, 7) is 2.48. The molecule has 3 heteroatoms. The molecule has 0 atom stereocenters. The zero-order chi connectivity index (χ0) is 12.3. The molecule has 0 fully saturated rings. The van der Waals surface area contributed by atoms with E-state index in [-0.39, 0.29) is 11.4 Å². The van der Waals surface area contributed by atoms with Crippen molar-refractivity contribution in [2.75, 3.05) is 5.73 Å². The van der Waals surface area contributed by atoms with Gasteiger partial charge in [-0.15, -0.1) is 0 Å². The van der Waals surface area contributed by atoms with Crippen LogP contribution in [-0.4, -0.2) is 5.11 Å². The van der Waals surface area contributed by atoms with Crippen LogP contribution in [-0.2, 0) is 6.61 Å². The van der Waals surface area contributed by atoms with Crippen LogP contribution in [0.3, 0.4) is 0 Å². The van der Waals surface area contributed by atoms with Crippen molar-refractivity contribution >= 4 is 5.69 Å². The van der Waals surface area contributed by atoms with Crippen molar-refractivity contribution in [3.63, 3.8) is 0 Å². The van der Waals surface area contributed by atoms with Crippen LogP contribution < -0.4 is 10.5 Å². The molecule has 0 heterocycles. The lowest BCUT2D eigenvalue weighted by atomic mass is 10.2. The molecule has 0 aliphatic carbocycles. The number of aryl methyl sites for hydroxylation is 1. The van der Waals surface area contributed by atoms with E-state index in [0.717, 1.165) is 5.56 Å². The second kappa shape index (κ2) is 4.78. The molecule has 0 saturated carbocycles. The van der Waals surface area contributed by atoms with E-state index < -0.39 is 0 Å². The van der Waals surface area contributed by atoms with Crippen LogP contribution in [0.5, 0.6) is 11.5 Å². The van der Waals surface area contributed by atoms with Gasteiger partial charge in [0, 0.05) is 0 Å². The summed E-state index contributed by atoms with van der Waals surface area (Å²) in [5.41, 5.74) is 8.25. The number of benzene rings is 2. The number of hydrogen-bond donors (Lipinski definition) is 2. The summed E-state index contributed by atoms with van der Waals surface area (Å²) in [5, 5.41) is 9.43. The Morgan fingerprint density at radius 1 is 1.12 bits per heavy atom. The Kier molecular flexibility index (Phi) is 3.19. The number of para-hydroxylation sites is 1. The number of hydrogen-bond acceptors (Lipinski definition) is 3. The van der Waals surface area contributed by atoms with Crippen LogP contribution in [0.2, 0.25) is 0 Å². The van der Waals surface area contributed by atoms with E-state index >= 15 is 0 Å². The van der Waals surface area contributed by atoms with Crippen molar-refractivity contribution in [1.29, 1.82) is 0 Å². The van der Waals surface area contributed by atoms with E-state index in [4.69, 9.17) is 10.5 Å². The van der Waals surface area contributed by atoms with Crippen molar-refractivity contribution in [3.05, 3.63) is 53.6 Å². The zero-order valence-corrected chi connectivity index (χ0v) is 9.68. The minimum atomic E-state index is 0.0476. The summed E-state index contributed by atoms with van der Waals surface area (Å²) in [7, 11) is 0. The molecule has 0 bridgehead atoms. The summed E-state index contributed by atoms with van der Waals surface area (Å²) in [6.07, 6.45) is 0. The monoisotopic (exact) mass is 229 g/mol. The Balaban J connectivity index is 2.07. The highest BCUT2D eigenvalue weighted by atomic mass is 16.5. The molecule has 0 aliphatic rings. The number of nitrogens with two attached hydrogens (primary N) is 1. The molecule has 0 aromatic heterocycles. The average Bonchev–Trinajstić information content (AvgIpc) is 2.33. The van der Waals surface area contributed by atoms with Crippen molar-refractivity contribution in [3.8, 4) is 11.5 Å². The van der Waals surface area contributed by atoms with Crippen LogP contribution in [0.1, 0.15) is 11.1 Å². The Hall–Kier alpha value is -2.16. The van der Waals surface area contributed by atoms with E-state index in [2.05, 4.69) is 0 Å². The lowest BCUT2D eigenvalue weighted by Crippen LogP contribution is -1.98. The number of rotatable bonds is 3. The summed E-state index contributed by atoms with van der Waals surface area (Å²) < 4.78 is 5.56. The normalized spacial score (nSPS) is 10.2. The molecule has 0 saturated heterocycles. The van der Waals surface area contributed by atoms with Gasteiger partial charge in [-0.05, 0) is 24.6 Å².